The summed E-state index contributed by atoms with van der Waals surface area (Å²) >= 11 is 0. The number of carboxylic acid groups (broad SMARTS) is 1. The van der Waals surface area contributed by atoms with E-state index in [1.807, 2.05) is 51.1 Å². The molecule has 3 aromatic rings. The largest absolute Gasteiger partial charge is 0.478 e. The first-order valence-electron chi connectivity index (χ1n) is 12.8. The third-order valence-corrected chi connectivity index (χ3v) is 7.21. The Bertz CT molecular complexity index is 1310. The Labute approximate surface area is 211 Å². The normalized spacial score (nSPS) is 18.8. The molecule has 5 rings (SSSR count). The van der Waals surface area contributed by atoms with Crippen LogP contribution < -0.4 is 4.90 Å². The second kappa shape index (κ2) is 9.28. The first-order valence-corrected chi connectivity index (χ1v) is 12.8. The third-order valence-electron chi connectivity index (χ3n) is 7.21. The number of β-amino-alcohol motifs (C(OH)–C–C–N with tert-alkyl or cyclic N) is 1. The molecule has 2 aromatic carbocycles. The maximum absolute atomic E-state index is 13.3. The first kappa shape index (κ1) is 24.4. The zero-order valence-electron chi connectivity index (χ0n) is 21.2. The van der Waals surface area contributed by atoms with Crippen molar-refractivity contribution in [2.75, 3.05) is 11.4 Å². The lowest BCUT2D eigenvalue weighted by atomic mass is 9.81. The highest BCUT2D eigenvalue weighted by molar-refractivity contribution is 6.01. The van der Waals surface area contributed by atoms with Crippen molar-refractivity contribution < 1.29 is 24.5 Å². The number of ether oxygens (including phenoxy) is 1. The summed E-state index contributed by atoms with van der Waals surface area (Å²) in [4.78, 5) is 26.7. The number of aromatic nitrogens is 1. The summed E-state index contributed by atoms with van der Waals surface area (Å²) in [6.45, 7) is 5.81. The van der Waals surface area contributed by atoms with Gasteiger partial charge in [-0.1, -0.05) is 43.5 Å². The Hall–Kier alpha value is -3.32. The van der Waals surface area contributed by atoms with Crippen molar-refractivity contribution in [3.8, 4) is 11.3 Å². The summed E-state index contributed by atoms with van der Waals surface area (Å²) in [5.41, 5.74) is 4.08. The number of carbonyl (C=O) groups is 2. The molecule has 0 saturated heterocycles. The van der Waals surface area contributed by atoms with Crippen LogP contribution in [0.4, 0.5) is 10.5 Å². The number of carbonyl (C=O) groups excluding carboxylic acids is 1. The highest BCUT2D eigenvalue weighted by Gasteiger charge is 2.34. The van der Waals surface area contributed by atoms with E-state index in [4.69, 9.17) is 4.74 Å². The average molecular weight is 491 g/mol. The number of benzene rings is 2. The van der Waals surface area contributed by atoms with Gasteiger partial charge >= 0.3 is 12.1 Å². The highest BCUT2D eigenvalue weighted by Crippen LogP contribution is 2.47. The molecular formula is C29H34N2O5. The van der Waals surface area contributed by atoms with Gasteiger partial charge in [0.1, 0.15) is 5.60 Å². The number of anilines is 1. The number of fused-ring (bicyclic) bond motifs is 5. The van der Waals surface area contributed by atoms with E-state index in [1.165, 1.54) is 12.0 Å². The summed E-state index contributed by atoms with van der Waals surface area (Å²) in [6, 6.07) is 13.1. The standard InChI is InChI=1S/C29H34N2O5/c1-29(2,3)36-28(35)31-17-20(32)16-30-24-15-19(27(33)34)13-14-21(24)25(18-9-5-4-6-10-18)26(30)22-11-7-8-12-23(22)31/h7-8,11-15,18,20,32H,4-6,9-10,16-17H2,1-3H3,(H,33,34). The number of para-hydroxylation sites is 1. The summed E-state index contributed by atoms with van der Waals surface area (Å²) in [7, 11) is 0. The van der Waals surface area contributed by atoms with Gasteiger partial charge in [0.25, 0.3) is 0 Å². The number of aliphatic hydroxyl groups is 1. The van der Waals surface area contributed by atoms with Gasteiger partial charge in [0.15, 0.2) is 0 Å². The number of nitrogens with zero attached hydrogens (tertiary/aromatic N) is 2. The van der Waals surface area contributed by atoms with Crippen LogP contribution in [0.25, 0.3) is 22.2 Å². The van der Waals surface area contributed by atoms with Crippen molar-refractivity contribution in [3.05, 3.63) is 53.6 Å². The molecule has 1 fully saturated rings. The second-order valence-corrected chi connectivity index (χ2v) is 11.0. The van der Waals surface area contributed by atoms with Gasteiger partial charge in [0.05, 0.1) is 36.1 Å². The maximum atomic E-state index is 13.3. The molecule has 2 aliphatic rings. The molecule has 7 nitrogen and oxygen atoms in total. The smallest absolute Gasteiger partial charge is 0.414 e. The molecule has 0 spiro atoms. The van der Waals surface area contributed by atoms with E-state index in [9.17, 15) is 19.8 Å². The lowest BCUT2D eigenvalue weighted by Crippen LogP contribution is -2.43. The number of carboxylic acids is 1. The number of hydrogen-bond acceptors (Lipinski definition) is 4. The van der Waals surface area contributed by atoms with Gasteiger partial charge < -0.3 is 19.5 Å². The van der Waals surface area contributed by atoms with E-state index >= 15 is 0 Å². The monoisotopic (exact) mass is 490 g/mol. The molecule has 1 saturated carbocycles. The van der Waals surface area contributed by atoms with Gasteiger partial charge in [-0.05, 0) is 63.3 Å². The molecule has 36 heavy (non-hydrogen) atoms. The van der Waals surface area contributed by atoms with E-state index in [1.54, 1.807) is 17.0 Å². The van der Waals surface area contributed by atoms with Gasteiger partial charge in [0.2, 0.25) is 0 Å². The van der Waals surface area contributed by atoms with Crippen LogP contribution in [-0.4, -0.2) is 45.1 Å². The lowest BCUT2D eigenvalue weighted by molar-refractivity contribution is 0.0549. The molecule has 1 atom stereocenters. The minimum atomic E-state index is -0.977. The number of hydrogen-bond donors (Lipinski definition) is 2. The van der Waals surface area contributed by atoms with E-state index in [-0.39, 0.29) is 18.7 Å². The van der Waals surface area contributed by atoms with E-state index in [0.717, 1.165) is 47.8 Å². The van der Waals surface area contributed by atoms with E-state index in [0.29, 0.717) is 11.6 Å². The summed E-state index contributed by atoms with van der Waals surface area (Å²) in [6.07, 6.45) is 4.28. The predicted molar refractivity (Wildman–Crippen MR) is 140 cm³/mol. The number of rotatable bonds is 2. The molecule has 1 aromatic heterocycles. The molecule has 190 valence electrons. The first-order chi connectivity index (χ1) is 17.1. The molecule has 2 heterocycles. The lowest BCUT2D eigenvalue weighted by Gasteiger charge is -2.33. The van der Waals surface area contributed by atoms with Crippen molar-refractivity contribution >= 4 is 28.7 Å². The van der Waals surface area contributed by atoms with E-state index in [2.05, 4.69) is 4.57 Å². The fourth-order valence-electron chi connectivity index (χ4n) is 5.77. The van der Waals surface area contributed by atoms with E-state index < -0.39 is 23.8 Å². The molecule has 1 aliphatic heterocycles. The zero-order valence-corrected chi connectivity index (χ0v) is 21.2. The summed E-state index contributed by atoms with van der Waals surface area (Å²) < 4.78 is 7.79. The third kappa shape index (κ3) is 4.48. The van der Waals surface area contributed by atoms with Crippen molar-refractivity contribution in [2.45, 2.75) is 77.0 Å². The fraction of sp³-hybridized carbons (Fsp3) is 0.448. The van der Waals surface area contributed by atoms with Gasteiger partial charge in [0, 0.05) is 16.5 Å². The minimum Gasteiger partial charge on any atom is -0.478 e. The Balaban J connectivity index is 1.79. The molecule has 1 aliphatic carbocycles. The molecular weight excluding hydrogens is 456 g/mol. The van der Waals surface area contributed by atoms with Crippen LogP contribution in [0.5, 0.6) is 0 Å². The van der Waals surface area contributed by atoms with Crippen LogP contribution in [0.3, 0.4) is 0 Å². The minimum absolute atomic E-state index is 0.0718. The van der Waals surface area contributed by atoms with Crippen molar-refractivity contribution in [1.29, 1.82) is 0 Å². The van der Waals surface area contributed by atoms with Crippen molar-refractivity contribution in [1.82, 2.24) is 4.57 Å². The Morgan fingerprint density at radius 1 is 1.00 bits per heavy atom. The molecule has 1 amide bonds. The predicted octanol–water partition coefficient (Wildman–Crippen LogP) is 6.17. The Morgan fingerprint density at radius 2 is 1.72 bits per heavy atom. The highest BCUT2D eigenvalue weighted by atomic mass is 16.6. The summed E-state index contributed by atoms with van der Waals surface area (Å²) in [5, 5.41) is 21.9. The molecule has 0 radical (unpaired) electrons. The Morgan fingerprint density at radius 3 is 2.42 bits per heavy atom. The molecule has 2 N–H and O–H groups in total. The molecule has 0 bridgehead atoms. The van der Waals surface area contributed by atoms with Crippen molar-refractivity contribution in [3.63, 3.8) is 0 Å². The van der Waals surface area contributed by atoms with Crippen LogP contribution in [0, 0.1) is 0 Å². The van der Waals surface area contributed by atoms with Crippen LogP contribution >= 0.6 is 0 Å². The SMILES string of the molecule is CC(C)(C)OC(=O)N1CC(O)Cn2c(c(C3CCCCC3)c3ccc(C(=O)O)cc32)-c2ccccc21. The summed E-state index contributed by atoms with van der Waals surface area (Å²) in [5.74, 6) is -0.651. The van der Waals surface area contributed by atoms with Crippen LogP contribution in [0.1, 0.15) is 74.7 Å². The number of aliphatic hydroxyl groups excluding tert-OH is 1. The number of aromatic carboxylic acids is 1. The van der Waals surface area contributed by atoms with Crippen LogP contribution in [-0.2, 0) is 11.3 Å². The van der Waals surface area contributed by atoms with Gasteiger partial charge in [-0.2, -0.15) is 0 Å². The molecule has 1 unspecified atom stereocenters. The maximum Gasteiger partial charge on any atom is 0.414 e. The second-order valence-electron chi connectivity index (χ2n) is 11.0. The van der Waals surface area contributed by atoms with Gasteiger partial charge in [-0.25, -0.2) is 9.59 Å². The average Bonchev–Trinajstić information content (AvgIpc) is 3.13. The number of amides is 1. The fourth-order valence-corrected chi connectivity index (χ4v) is 5.77. The quantitative estimate of drug-likeness (QED) is 0.448. The zero-order chi connectivity index (χ0) is 25.6. The van der Waals surface area contributed by atoms with Gasteiger partial charge in [-0.15, -0.1) is 0 Å². The molecule has 7 heteroatoms. The van der Waals surface area contributed by atoms with Gasteiger partial charge in [-0.3, -0.25) is 4.90 Å². The topological polar surface area (TPSA) is 92.0 Å². The van der Waals surface area contributed by atoms with Crippen LogP contribution in [0.15, 0.2) is 42.5 Å². The van der Waals surface area contributed by atoms with Crippen LogP contribution in [0.2, 0.25) is 0 Å². The Kier molecular flexibility index (Phi) is 6.29. The van der Waals surface area contributed by atoms with Crippen molar-refractivity contribution in [2.24, 2.45) is 0 Å².